The van der Waals surface area contributed by atoms with Gasteiger partial charge < -0.3 is 15.2 Å². The number of carbonyl (C=O) groups is 1. The number of sulfone groups is 1. The number of benzene rings is 3. The zero-order valence-corrected chi connectivity index (χ0v) is 23.5. The van der Waals surface area contributed by atoms with Crippen molar-refractivity contribution in [1.82, 2.24) is 0 Å². The molecule has 1 fully saturated rings. The summed E-state index contributed by atoms with van der Waals surface area (Å²) >= 11 is 0. The van der Waals surface area contributed by atoms with E-state index in [0.29, 0.717) is 26.0 Å². The summed E-state index contributed by atoms with van der Waals surface area (Å²) in [5, 5.41) is 13.1. The molecule has 2 N–H and O–H groups in total. The van der Waals surface area contributed by atoms with Crippen LogP contribution in [-0.2, 0) is 34.0 Å². The number of fused-ring (bicyclic) bond motifs is 3. The Labute approximate surface area is 231 Å². The maximum Gasteiger partial charge on any atom is 0.310 e. The van der Waals surface area contributed by atoms with Crippen LogP contribution in [0.4, 0.5) is 5.69 Å². The van der Waals surface area contributed by atoms with Crippen LogP contribution in [0.15, 0.2) is 60.7 Å². The Morgan fingerprint density at radius 1 is 1.03 bits per heavy atom. The third-order valence-electron chi connectivity index (χ3n) is 8.30. The lowest BCUT2D eigenvalue weighted by atomic mass is 9.94. The molecule has 3 aromatic rings. The molecule has 7 heteroatoms. The molecule has 1 saturated carbocycles. The van der Waals surface area contributed by atoms with E-state index < -0.39 is 21.2 Å². The second-order valence-electron chi connectivity index (χ2n) is 11.0. The Kier molecular flexibility index (Phi) is 7.72. The number of ether oxygens (including phenoxy) is 1. The van der Waals surface area contributed by atoms with Crippen molar-refractivity contribution in [2.45, 2.75) is 57.9 Å². The number of aryl methyl sites for hydroxylation is 2. The SMILES string of the molecule is CC[C@]1(C(=O)O)C[C@H]1c1ccc(NCc2ccc3c(c2)-c2ccc(OCCCS(C)(=O)=O)cc2CCC3)cc1. The number of hydrogen-bond donors (Lipinski definition) is 2. The summed E-state index contributed by atoms with van der Waals surface area (Å²) in [5.41, 5.74) is 7.85. The highest BCUT2D eigenvalue weighted by molar-refractivity contribution is 7.90. The van der Waals surface area contributed by atoms with Gasteiger partial charge in [0.05, 0.1) is 17.8 Å². The first kappa shape index (κ1) is 27.3. The molecule has 3 aromatic carbocycles. The van der Waals surface area contributed by atoms with Gasteiger partial charge in [0.1, 0.15) is 15.6 Å². The fourth-order valence-corrected chi connectivity index (χ4v) is 6.51. The Hall–Kier alpha value is -3.32. The van der Waals surface area contributed by atoms with Gasteiger partial charge >= 0.3 is 5.97 Å². The second-order valence-corrected chi connectivity index (χ2v) is 13.3. The van der Waals surface area contributed by atoms with E-state index in [1.54, 1.807) is 0 Å². The fourth-order valence-electron chi connectivity index (χ4n) is 5.87. The lowest BCUT2D eigenvalue weighted by molar-refractivity contribution is -0.143. The number of carboxylic acids is 1. The van der Waals surface area contributed by atoms with E-state index >= 15 is 0 Å². The van der Waals surface area contributed by atoms with Gasteiger partial charge in [-0.15, -0.1) is 0 Å². The zero-order chi connectivity index (χ0) is 27.6. The van der Waals surface area contributed by atoms with Crippen LogP contribution in [0.3, 0.4) is 0 Å². The number of anilines is 1. The van der Waals surface area contributed by atoms with Crippen LogP contribution in [0.5, 0.6) is 5.75 Å². The molecule has 0 unspecified atom stereocenters. The first-order valence-electron chi connectivity index (χ1n) is 13.8. The van der Waals surface area contributed by atoms with E-state index in [4.69, 9.17) is 4.74 Å². The van der Waals surface area contributed by atoms with Gasteiger partial charge in [0.25, 0.3) is 0 Å². The molecule has 0 spiro atoms. The van der Waals surface area contributed by atoms with E-state index in [-0.39, 0.29) is 11.7 Å². The smallest absolute Gasteiger partial charge is 0.310 e. The van der Waals surface area contributed by atoms with Crippen LogP contribution in [0.25, 0.3) is 11.1 Å². The lowest BCUT2D eigenvalue weighted by Gasteiger charge is -2.15. The van der Waals surface area contributed by atoms with Gasteiger partial charge in [-0.2, -0.15) is 0 Å². The van der Waals surface area contributed by atoms with Gasteiger partial charge in [-0.3, -0.25) is 4.79 Å². The van der Waals surface area contributed by atoms with E-state index in [1.807, 2.05) is 25.1 Å². The summed E-state index contributed by atoms with van der Waals surface area (Å²) in [7, 11) is -2.97. The normalized spacial score (nSPS) is 19.9. The predicted molar refractivity (Wildman–Crippen MR) is 155 cm³/mol. The molecular formula is C32H37NO5S. The van der Waals surface area contributed by atoms with E-state index in [0.717, 1.165) is 42.7 Å². The fraction of sp³-hybridized carbons (Fsp3) is 0.406. The molecule has 2 aliphatic carbocycles. The van der Waals surface area contributed by atoms with Crippen molar-refractivity contribution in [2.24, 2.45) is 5.41 Å². The number of nitrogens with one attached hydrogen (secondary N) is 1. The Morgan fingerprint density at radius 2 is 1.79 bits per heavy atom. The minimum absolute atomic E-state index is 0.108. The average molecular weight is 548 g/mol. The van der Waals surface area contributed by atoms with Crippen LogP contribution >= 0.6 is 0 Å². The van der Waals surface area contributed by atoms with E-state index in [9.17, 15) is 18.3 Å². The first-order chi connectivity index (χ1) is 18.7. The molecule has 6 nitrogen and oxygen atoms in total. The molecule has 0 radical (unpaired) electrons. The van der Waals surface area contributed by atoms with Gasteiger partial charge in [-0.25, -0.2) is 8.42 Å². The Morgan fingerprint density at radius 3 is 2.49 bits per heavy atom. The summed E-state index contributed by atoms with van der Waals surface area (Å²) in [6.07, 6.45) is 6.20. The van der Waals surface area contributed by atoms with Crippen LogP contribution in [0, 0.1) is 5.41 Å². The zero-order valence-electron chi connectivity index (χ0n) is 22.7. The molecule has 0 heterocycles. The molecule has 0 saturated heterocycles. The highest BCUT2D eigenvalue weighted by atomic mass is 32.2. The molecular weight excluding hydrogens is 510 g/mol. The second kappa shape index (κ2) is 11.0. The Balaban J connectivity index is 1.25. The predicted octanol–water partition coefficient (Wildman–Crippen LogP) is 6.24. The number of aliphatic carboxylic acids is 1. The first-order valence-corrected chi connectivity index (χ1v) is 15.9. The summed E-state index contributed by atoms with van der Waals surface area (Å²) < 4.78 is 28.6. The summed E-state index contributed by atoms with van der Waals surface area (Å²) in [6, 6.07) is 21.1. The molecule has 0 aliphatic heterocycles. The van der Waals surface area contributed by atoms with Gasteiger partial charge in [-0.05, 0) is 102 Å². The molecule has 206 valence electrons. The number of hydrogen-bond acceptors (Lipinski definition) is 5. The van der Waals surface area contributed by atoms with Crippen LogP contribution in [0.1, 0.15) is 60.8 Å². The minimum atomic E-state index is -2.97. The molecule has 0 aromatic heterocycles. The van der Waals surface area contributed by atoms with Crippen molar-refractivity contribution < 1.29 is 23.1 Å². The average Bonchev–Trinajstić information content (AvgIpc) is 3.69. The van der Waals surface area contributed by atoms with Crippen molar-refractivity contribution in [1.29, 1.82) is 0 Å². The quantitative estimate of drug-likeness (QED) is 0.276. The molecule has 5 rings (SSSR count). The topological polar surface area (TPSA) is 92.7 Å². The van der Waals surface area contributed by atoms with Gasteiger partial charge in [0, 0.05) is 24.4 Å². The maximum absolute atomic E-state index is 11.7. The highest BCUT2D eigenvalue weighted by Gasteiger charge is 2.59. The van der Waals surface area contributed by atoms with Crippen molar-refractivity contribution >= 4 is 21.5 Å². The monoisotopic (exact) mass is 547 g/mol. The minimum Gasteiger partial charge on any atom is -0.494 e. The third kappa shape index (κ3) is 6.14. The number of carboxylic acid groups (broad SMARTS) is 1. The van der Waals surface area contributed by atoms with Crippen molar-refractivity contribution in [3.8, 4) is 16.9 Å². The van der Waals surface area contributed by atoms with Crippen LogP contribution in [-0.4, -0.2) is 38.1 Å². The van der Waals surface area contributed by atoms with Crippen molar-refractivity contribution in [3.05, 3.63) is 82.9 Å². The van der Waals surface area contributed by atoms with Gasteiger partial charge in [0.2, 0.25) is 0 Å². The number of rotatable bonds is 11. The van der Waals surface area contributed by atoms with Gasteiger partial charge in [-0.1, -0.05) is 37.3 Å². The van der Waals surface area contributed by atoms with E-state index in [1.165, 1.54) is 34.1 Å². The van der Waals surface area contributed by atoms with Gasteiger partial charge in [0.15, 0.2) is 0 Å². The van der Waals surface area contributed by atoms with Crippen LogP contribution in [0.2, 0.25) is 0 Å². The standard InChI is InChI=1S/C32H37NO5S/c1-3-32(31(34)35)20-30(32)24-10-12-26(13-11-24)33-21-22-8-9-23-6-4-7-25-19-27(14-15-28(25)29(23)18-22)38-16-5-17-39(2,36)37/h8-15,18-19,30,33H,3-7,16-17,20-21H2,1-2H3,(H,34,35)/t30-,32-/m0/s1. The largest absolute Gasteiger partial charge is 0.494 e. The van der Waals surface area contributed by atoms with Crippen molar-refractivity contribution in [2.75, 3.05) is 23.9 Å². The Bertz CT molecular complexity index is 1460. The van der Waals surface area contributed by atoms with E-state index in [2.05, 4.69) is 47.8 Å². The molecule has 0 bridgehead atoms. The molecule has 2 aliphatic rings. The molecule has 0 amide bonds. The third-order valence-corrected chi connectivity index (χ3v) is 9.33. The summed E-state index contributed by atoms with van der Waals surface area (Å²) in [5.74, 6) is 0.349. The maximum atomic E-state index is 11.7. The molecule has 39 heavy (non-hydrogen) atoms. The highest BCUT2D eigenvalue weighted by Crippen LogP contribution is 2.61. The molecule has 2 atom stereocenters. The summed E-state index contributed by atoms with van der Waals surface area (Å²) in [6.45, 7) is 3.04. The lowest BCUT2D eigenvalue weighted by Crippen LogP contribution is -2.15. The van der Waals surface area contributed by atoms with Crippen molar-refractivity contribution in [3.63, 3.8) is 0 Å². The summed E-state index contributed by atoms with van der Waals surface area (Å²) in [4.78, 5) is 11.7. The van der Waals surface area contributed by atoms with Crippen LogP contribution < -0.4 is 10.1 Å².